The number of ether oxygens (including phenoxy) is 1. The maximum atomic E-state index is 12.9. The Morgan fingerprint density at radius 2 is 2.35 bits per heavy atom. The van der Waals surface area contributed by atoms with Crippen molar-refractivity contribution in [2.75, 3.05) is 13.7 Å². The fourth-order valence-corrected chi connectivity index (χ4v) is 2.95. The zero-order valence-electron chi connectivity index (χ0n) is 13.7. The molecule has 0 aliphatic carbocycles. The van der Waals surface area contributed by atoms with Crippen molar-refractivity contribution in [3.8, 4) is 0 Å². The number of amides is 1. The van der Waals surface area contributed by atoms with E-state index in [-0.39, 0.29) is 11.9 Å². The van der Waals surface area contributed by atoms with Crippen LogP contribution >= 0.6 is 0 Å². The summed E-state index contributed by atoms with van der Waals surface area (Å²) in [5.74, 6) is 2.39. The van der Waals surface area contributed by atoms with Crippen LogP contribution in [0.3, 0.4) is 0 Å². The summed E-state index contributed by atoms with van der Waals surface area (Å²) in [6.07, 6.45) is 2.46. The zero-order valence-corrected chi connectivity index (χ0v) is 13.7. The molecule has 0 saturated carbocycles. The maximum Gasteiger partial charge on any atom is 0.258 e. The molecule has 124 valence electrons. The fourth-order valence-electron chi connectivity index (χ4n) is 2.95. The van der Waals surface area contributed by atoms with Gasteiger partial charge in [0.15, 0.2) is 5.82 Å². The summed E-state index contributed by atoms with van der Waals surface area (Å²) < 4.78 is 15.8. The van der Waals surface area contributed by atoms with Gasteiger partial charge in [0.2, 0.25) is 5.89 Å². The predicted octanol–water partition coefficient (Wildman–Crippen LogP) is 2.66. The molecule has 0 radical (unpaired) electrons. The number of aryl methyl sites for hydroxylation is 2. The molecule has 0 spiro atoms. The fraction of sp³-hybridized carbons (Fsp3) is 0.562. The number of aromatic nitrogens is 2. The molecule has 0 aromatic carbocycles. The minimum atomic E-state index is -0.133. The second-order valence-corrected chi connectivity index (χ2v) is 5.67. The molecule has 1 atom stereocenters. The highest BCUT2D eigenvalue weighted by Crippen LogP contribution is 2.32. The van der Waals surface area contributed by atoms with E-state index in [4.69, 9.17) is 13.7 Å². The van der Waals surface area contributed by atoms with E-state index in [9.17, 15) is 4.79 Å². The normalized spacial score (nSPS) is 17.9. The van der Waals surface area contributed by atoms with E-state index in [0.717, 1.165) is 12.8 Å². The van der Waals surface area contributed by atoms with E-state index in [1.807, 2.05) is 6.92 Å². The van der Waals surface area contributed by atoms with Crippen LogP contribution in [-0.4, -0.2) is 34.6 Å². The molecule has 1 fully saturated rings. The highest BCUT2D eigenvalue weighted by molar-refractivity contribution is 5.95. The van der Waals surface area contributed by atoms with Crippen molar-refractivity contribution >= 4 is 5.91 Å². The number of carbonyl (C=O) groups is 1. The number of carbonyl (C=O) groups excluding carboxylic acids is 1. The summed E-state index contributed by atoms with van der Waals surface area (Å²) in [5, 5.41) is 4.03. The molecule has 2 aromatic heterocycles. The Hall–Kier alpha value is -2.15. The van der Waals surface area contributed by atoms with Gasteiger partial charge in [-0.05, 0) is 25.8 Å². The summed E-state index contributed by atoms with van der Waals surface area (Å²) in [4.78, 5) is 19.1. The van der Waals surface area contributed by atoms with Crippen LogP contribution < -0.4 is 0 Å². The van der Waals surface area contributed by atoms with Crippen LogP contribution in [0, 0.1) is 6.92 Å². The molecular formula is C16H21N3O4. The molecule has 3 rings (SSSR count). The second-order valence-electron chi connectivity index (χ2n) is 5.67. The van der Waals surface area contributed by atoms with Crippen LogP contribution in [0.1, 0.15) is 59.4 Å². The minimum absolute atomic E-state index is 0.0565. The van der Waals surface area contributed by atoms with E-state index in [0.29, 0.717) is 48.4 Å². The third-order valence-corrected chi connectivity index (χ3v) is 4.08. The summed E-state index contributed by atoms with van der Waals surface area (Å²) >= 11 is 0. The molecular weight excluding hydrogens is 298 g/mol. The number of rotatable bonds is 5. The monoisotopic (exact) mass is 319 g/mol. The molecule has 1 saturated heterocycles. The first-order valence-corrected chi connectivity index (χ1v) is 7.85. The number of hydrogen-bond donors (Lipinski definition) is 0. The molecule has 0 bridgehead atoms. The van der Waals surface area contributed by atoms with Gasteiger partial charge in [-0.3, -0.25) is 4.79 Å². The number of furan rings is 1. The van der Waals surface area contributed by atoms with Crippen LogP contribution in [0.25, 0.3) is 0 Å². The molecule has 23 heavy (non-hydrogen) atoms. The van der Waals surface area contributed by atoms with Crippen molar-refractivity contribution in [3.63, 3.8) is 0 Å². The van der Waals surface area contributed by atoms with Gasteiger partial charge in [0, 0.05) is 20.1 Å². The second kappa shape index (κ2) is 6.54. The smallest absolute Gasteiger partial charge is 0.258 e. The van der Waals surface area contributed by atoms with E-state index in [1.54, 1.807) is 25.0 Å². The largest absolute Gasteiger partial charge is 0.463 e. The third-order valence-electron chi connectivity index (χ3n) is 4.08. The SMILES string of the molecule is CCc1nc([C@@H]2CCCN2C(=O)c2cc(COC)oc2C)no1. The van der Waals surface area contributed by atoms with Crippen molar-refractivity contribution in [1.29, 1.82) is 0 Å². The van der Waals surface area contributed by atoms with Crippen molar-refractivity contribution in [2.24, 2.45) is 0 Å². The van der Waals surface area contributed by atoms with Crippen LogP contribution in [0.5, 0.6) is 0 Å². The lowest BCUT2D eigenvalue weighted by Gasteiger charge is -2.21. The number of nitrogens with zero attached hydrogens (tertiary/aromatic N) is 3. The number of methoxy groups -OCH3 is 1. The van der Waals surface area contributed by atoms with E-state index in [2.05, 4.69) is 10.1 Å². The summed E-state index contributed by atoms with van der Waals surface area (Å²) in [7, 11) is 1.59. The lowest BCUT2D eigenvalue weighted by Crippen LogP contribution is -2.31. The van der Waals surface area contributed by atoms with Crippen molar-refractivity contribution < 1.29 is 18.5 Å². The topological polar surface area (TPSA) is 81.6 Å². The van der Waals surface area contributed by atoms with Gasteiger partial charge < -0.3 is 18.6 Å². The summed E-state index contributed by atoms with van der Waals surface area (Å²) in [6.45, 7) is 4.79. The van der Waals surface area contributed by atoms with Gasteiger partial charge >= 0.3 is 0 Å². The molecule has 3 heterocycles. The van der Waals surface area contributed by atoms with Gasteiger partial charge in [0.05, 0.1) is 11.6 Å². The molecule has 0 N–H and O–H groups in total. The Kier molecular flexibility index (Phi) is 4.47. The summed E-state index contributed by atoms with van der Waals surface area (Å²) in [5.41, 5.74) is 0.572. The van der Waals surface area contributed by atoms with Gasteiger partial charge in [0.25, 0.3) is 5.91 Å². The van der Waals surface area contributed by atoms with Gasteiger partial charge in [-0.1, -0.05) is 12.1 Å². The first-order chi connectivity index (χ1) is 11.1. The summed E-state index contributed by atoms with van der Waals surface area (Å²) in [6, 6.07) is 1.62. The van der Waals surface area contributed by atoms with E-state index < -0.39 is 0 Å². The lowest BCUT2D eigenvalue weighted by molar-refractivity contribution is 0.0726. The molecule has 1 aliphatic heterocycles. The number of likely N-dealkylation sites (tertiary alicyclic amines) is 1. The molecule has 7 heteroatoms. The Bertz CT molecular complexity index is 691. The first-order valence-electron chi connectivity index (χ1n) is 7.85. The van der Waals surface area contributed by atoms with Gasteiger partial charge in [-0.2, -0.15) is 4.98 Å². The van der Waals surface area contributed by atoms with E-state index in [1.165, 1.54) is 0 Å². The number of hydrogen-bond acceptors (Lipinski definition) is 6. The van der Waals surface area contributed by atoms with Crippen LogP contribution in [-0.2, 0) is 17.8 Å². The van der Waals surface area contributed by atoms with Gasteiger partial charge in [0.1, 0.15) is 18.1 Å². The van der Waals surface area contributed by atoms with Crippen molar-refractivity contribution in [3.05, 3.63) is 34.9 Å². The highest BCUT2D eigenvalue weighted by atomic mass is 16.5. The lowest BCUT2D eigenvalue weighted by atomic mass is 10.1. The Morgan fingerprint density at radius 3 is 3.04 bits per heavy atom. The predicted molar refractivity (Wildman–Crippen MR) is 80.8 cm³/mol. The Morgan fingerprint density at radius 1 is 1.52 bits per heavy atom. The Balaban J connectivity index is 1.83. The van der Waals surface area contributed by atoms with Crippen LogP contribution in [0.15, 0.2) is 15.0 Å². The minimum Gasteiger partial charge on any atom is -0.463 e. The van der Waals surface area contributed by atoms with Gasteiger partial charge in [-0.25, -0.2) is 0 Å². The highest BCUT2D eigenvalue weighted by Gasteiger charge is 2.35. The van der Waals surface area contributed by atoms with Gasteiger partial charge in [-0.15, -0.1) is 0 Å². The zero-order chi connectivity index (χ0) is 16.4. The van der Waals surface area contributed by atoms with Crippen LogP contribution in [0.2, 0.25) is 0 Å². The van der Waals surface area contributed by atoms with Crippen LogP contribution in [0.4, 0.5) is 0 Å². The molecule has 1 amide bonds. The average Bonchev–Trinajstić information content (AvgIpc) is 3.25. The molecule has 0 unspecified atom stereocenters. The Labute approximate surface area is 134 Å². The first kappa shape index (κ1) is 15.7. The van der Waals surface area contributed by atoms with Crippen molar-refractivity contribution in [2.45, 2.75) is 45.8 Å². The third kappa shape index (κ3) is 3.01. The molecule has 1 aliphatic rings. The molecule has 2 aromatic rings. The molecule has 7 nitrogen and oxygen atoms in total. The quantitative estimate of drug-likeness (QED) is 0.842. The standard InChI is InChI=1S/C16H21N3O4/c1-4-14-17-15(18-23-14)13-6-5-7-19(13)16(20)12-8-11(9-21-3)22-10(12)2/h8,13H,4-7,9H2,1-3H3/t13-/m0/s1. The van der Waals surface area contributed by atoms with E-state index >= 15 is 0 Å². The average molecular weight is 319 g/mol. The van der Waals surface area contributed by atoms with Crippen molar-refractivity contribution in [1.82, 2.24) is 15.0 Å². The maximum absolute atomic E-state index is 12.9.